The summed E-state index contributed by atoms with van der Waals surface area (Å²) in [5.74, 6) is 0.527. The number of furan rings is 3. The molecule has 0 aliphatic rings. The second-order valence-electron chi connectivity index (χ2n) is 19.6. The lowest BCUT2D eigenvalue weighted by Gasteiger charge is -2.13. The van der Waals surface area contributed by atoms with Crippen molar-refractivity contribution in [3.8, 4) is 50.6 Å². The van der Waals surface area contributed by atoms with E-state index in [-0.39, 0.29) is 0 Å². The molecule has 75 heavy (non-hydrogen) atoms. The van der Waals surface area contributed by atoms with E-state index in [2.05, 4.69) is 199 Å². The minimum atomic E-state index is 0.527. The molecule has 17 aromatic rings. The first kappa shape index (κ1) is 40.7. The molecule has 0 saturated carbocycles. The van der Waals surface area contributed by atoms with E-state index in [9.17, 15) is 0 Å². The molecule has 0 unspecified atom stereocenters. The third-order valence-corrected chi connectivity index (χ3v) is 16.6. The second kappa shape index (κ2) is 15.4. The van der Waals surface area contributed by atoms with Gasteiger partial charge >= 0.3 is 0 Å². The molecule has 0 atom stereocenters. The second-order valence-corrected chi connectivity index (χ2v) is 20.6. The maximum atomic E-state index is 7.09. The van der Waals surface area contributed by atoms with E-state index in [4.69, 9.17) is 23.2 Å². The van der Waals surface area contributed by atoms with E-state index < -0.39 is 0 Å². The van der Waals surface area contributed by atoms with Crippen LogP contribution >= 0.6 is 11.3 Å². The lowest BCUT2D eigenvalue weighted by Crippen LogP contribution is -1.98. The van der Waals surface area contributed by atoms with Crippen LogP contribution in [0.4, 0.5) is 0 Å². The van der Waals surface area contributed by atoms with Gasteiger partial charge in [-0.25, -0.2) is 9.97 Å². The highest BCUT2D eigenvalue weighted by molar-refractivity contribution is 7.25. The van der Waals surface area contributed by atoms with Crippen molar-refractivity contribution in [1.29, 1.82) is 0 Å². The normalized spacial score (nSPS) is 12.3. The van der Waals surface area contributed by atoms with Gasteiger partial charge in [0.2, 0.25) is 0 Å². The molecule has 7 heteroatoms. The monoisotopic (exact) mass is 975 g/mol. The van der Waals surface area contributed by atoms with Crippen LogP contribution in [0.5, 0.6) is 0 Å². The lowest BCUT2D eigenvalue weighted by molar-refractivity contribution is 0.665. The molecule has 0 bridgehead atoms. The van der Waals surface area contributed by atoms with E-state index in [1.807, 2.05) is 41.7 Å². The Bertz CT molecular complexity index is 5270. The Kier molecular flexibility index (Phi) is 8.34. The topological polar surface area (TPSA) is 70.1 Å². The smallest absolute Gasteiger partial charge is 0.180 e. The highest BCUT2D eigenvalue weighted by atomic mass is 32.1. The predicted octanol–water partition coefficient (Wildman–Crippen LogP) is 19.5. The maximum Gasteiger partial charge on any atom is 0.180 e. The maximum absolute atomic E-state index is 7.09. The summed E-state index contributed by atoms with van der Waals surface area (Å²) in [5, 5.41) is 12.1. The SMILES string of the molecule is c1ccc(-c2ccc3c4cc5ccccc5cc4n(-c4ccc(-c5nc(-c6cccc7oc8ccccc8c67)c6oc7cc(-c8ccc9sc%10ccccc%10c9c8)ccc7c6n5)c5oc6ccccc6c45)c3c2)cc1. The first-order valence-corrected chi connectivity index (χ1v) is 26.0. The summed E-state index contributed by atoms with van der Waals surface area (Å²) in [4.78, 5) is 11.1. The number of nitrogens with zero attached hydrogens (tertiary/aromatic N) is 3. The molecule has 6 nitrogen and oxygen atoms in total. The number of benzene rings is 11. The highest BCUT2D eigenvalue weighted by Gasteiger charge is 2.26. The first-order chi connectivity index (χ1) is 37.1. The number of thiophene rings is 1. The zero-order valence-electron chi connectivity index (χ0n) is 39.8. The summed E-state index contributed by atoms with van der Waals surface area (Å²) in [6.07, 6.45) is 0. The molecule has 6 heterocycles. The van der Waals surface area contributed by atoms with Gasteiger partial charge in [-0.1, -0.05) is 146 Å². The Morgan fingerprint density at radius 1 is 0.347 bits per heavy atom. The zero-order chi connectivity index (χ0) is 48.9. The van der Waals surface area contributed by atoms with Crippen molar-refractivity contribution in [2.45, 2.75) is 0 Å². The molecule has 0 spiro atoms. The van der Waals surface area contributed by atoms with Gasteiger partial charge in [-0.15, -0.1) is 11.3 Å². The van der Waals surface area contributed by atoms with E-state index in [0.29, 0.717) is 22.7 Å². The number of para-hydroxylation sites is 2. The van der Waals surface area contributed by atoms with Crippen LogP contribution in [-0.2, 0) is 0 Å². The molecule has 6 aromatic heterocycles. The molecule has 0 saturated heterocycles. The Hall–Kier alpha value is -9.82. The van der Waals surface area contributed by atoms with Gasteiger partial charge in [0, 0.05) is 58.1 Å². The van der Waals surface area contributed by atoms with Crippen LogP contribution < -0.4 is 0 Å². The van der Waals surface area contributed by atoms with E-state index in [1.165, 1.54) is 41.7 Å². The Labute approximate surface area is 430 Å². The third-order valence-electron chi connectivity index (χ3n) is 15.4. The van der Waals surface area contributed by atoms with Gasteiger partial charge in [-0.2, -0.15) is 0 Å². The number of rotatable bonds is 5. The van der Waals surface area contributed by atoms with Crippen molar-refractivity contribution < 1.29 is 13.3 Å². The van der Waals surface area contributed by atoms with Crippen LogP contribution in [0.3, 0.4) is 0 Å². The Morgan fingerprint density at radius 3 is 1.87 bits per heavy atom. The van der Waals surface area contributed by atoms with Crippen LogP contribution in [0.1, 0.15) is 0 Å². The van der Waals surface area contributed by atoms with Gasteiger partial charge in [0.05, 0.1) is 27.7 Å². The third kappa shape index (κ3) is 5.95. The van der Waals surface area contributed by atoms with Gasteiger partial charge < -0.3 is 17.8 Å². The van der Waals surface area contributed by atoms with Gasteiger partial charge in [0.25, 0.3) is 0 Å². The number of hydrogen-bond donors (Lipinski definition) is 0. The van der Waals surface area contributed by atoms with Crippen LogP contribution in [0.25, 0.3) is 169 Å². The van der Waals surface area contributed by atoms with Crippen molar-refractivity contribution in [1.82, 2.24) is 14.5 Å². The van der Waals surface area contributed by atoms with Crippen molar-refractivity contribution in [3.05, 3.63) is 224 Å². The predicted molar refractivity (Wildman–Crippen MR) is 310 cm³/mol. The van der Waals surface area contributed by atoms with Crippen molar-refractivity contribution in [2.75, 3.05) is 0 Å². The minimum Gasteiger partial charge on any atom is -0.456 e. The van der Waals surface area contributed by atoms with Gasteiger partial charge in [0.15, 0.2) is 11.4 Å². The molecule has 0 amide bonds. The molecule has 0 fully saturated rings. The molecule has 0 aliphatic carbocycles. The number of fused-ring (bicyclic) bond motifs is 16. The summed E-state index contributed by atoms with van der Waals surface area (Å²) >= 11 is 1.83. The molecular formula is C68H37N3O3S. The first-order valence-electron chi connectivity index (χ1n) is 25.2. The Morgan fingerprint density at radius 2 is 1.00 bits per heavy atom. The fourth-order valence-corrected chi connectivity index (χ4v) is 13.0. The van der Waals surface area contributed by atoms with Gasteiger partial charge in [-0.05, 0) is 112 Å². The summed E-state index contributed by atoms with van der Waals surface area (Å²) in [7, 11) is 0. The van der Waals surface area contributed by atoms with Crippen LogP contribution in [0.2, 0.25) is 0 Å². The lowest BCUT2D eigenvalue weighted by atomic mass is 10.0. The van der Waals surface area contributed by atoms with Gasteiger partial charge in [0.1, 0.15) is 39.1 Å². The molecule has 17 rings (SSSR count). The van der Waals surface area contributed by atoms with Crippen LogP contribution in [0.15, 0.2) is 238 Å². The van der Waals surface area contributed by atoms with Crippen molar-refractivity contribution >= 4 is 130 Å². The summed E-state index contributed by atoms with van der Waals surface area (Å²) in [5.41, 5.74) is 15.2. The molecule has 11 aromatic carbocycles. The molecular weight excluding hydrogens is 939 g/mol. The van der Waals surface area contributed by atoms with Crippen LogP contribution in [0, 0.1) is 0 Å². The van der Waals surface area contributed by atoms with Crippen molar-refractivity contribution in [2.24, 2.45) is 0 Å². The number of aromatic nitrogens is 3. The van der Waals surface area contributed by atoms with Crippen molar-refractivity contribution in [3.63, 3.8) is 0 Å². The summed E-state index contributed by atoms with van der Waals surface area (Å²) in [6.45, 7) is 0. The number of hydrogen-bond acceptors (Lipinski definition) is 6. The van der Waals surface area contributed by atoms with Crippen LogP contribution in [-0.4, -0.2) is 14.5 Å². The molecule has 348 valence electrons. The Balaban J connectivity index is 0.936. The fraction of sp³-hybridized carbons (Fsp3) is 0. The minimum absolute atomic E-state index is 0.527. The van der Waals surface area contributed by atoms with E-state index in [0.717, 1.165) is 105 Å². The van der Waals surface area contributed by atoms with Gasteiger partial charge in [-0.3, -0.25) is 0 Å². The fourth-order valence-electron chi connectivity index (χ4n) is 11.9. The summed E-state index contributed by atoms with van der Waals surface area (Å²) in [6, 6.07) is 79.7. The molecule has 0 aliphatic heterocycles. The largest absolute Gasteiger partial charge is 0.456 e. The average Bonchev–Trinajstić information content (AvgIpc) is 4.30. The van der Waals surface area contributed by atoms with E-state index in [1.54, 1.807) is 0 Å². The van der Waals surface area contributed by atoms with E-state index >= 15 is 0 Å². The average molecular weight is 976 g/mol. The quantitative estimate of drug-likeness (QED) is 0.172. The molecule has 0 radical (unpaired) electrons. The standard InChI is InChI=1S/C68H37N3O3S/c1-2-13-38(14-3-1)42-25-28-44-51-33-39-15-4-5-16-40(39)35-55(51)71(54(44)36-42)53-31-30-50(66-63(53)47-19-7-10-22-57(47)73-66)68-69-64-48-29-26-43(41-27-32-61-52(34-41)45-17-8-11-24-60(45)75-61)37-59(48)74-67(64)65(70-68)49-20-12-23-58-62(49)46-18-6-9-21-56(46)72-58/h1-37H. The molecule has 0 N–H and O–H groups in total. The highest BCUT2D eigenvalue weighted by Crippen LogP contribution is 2.47. The zero-order valence-corrected chi connectivity index (χ0v) is 40.7. The summed E-state index contributed by atoms with van der Waals surface area (Å²) < 4.78 is 25.6.